The van der Waals surface area contributed by atoms with E-state index in [0.717, 1.165) is 0 Å². The van der Waals surface area contributed by atoms with Crippen LogP contribution in [-0.4, -0.2) is 27.4 Å². The van der Waals surface area contributed by atoms with E-state index in [1.165, 1.54) is 6.07 Å². The van der Waals surface area contributed by atoms with Crippen molar-refractivity contribution in [1.29, 1.82) is 0 Å². The monoisotopic (exact) mass is 283 g/mol. The van der Waals surface area contributed by atoms with E-state index in [2.05, 4.69) is 10.0 Å². The second kappa shape index (κ2) is 5.28. The Hall–Kier alpha value is -1.44. The Morgan fingerprint density at radius 3 is 2.84 bits per heavy atom. The summed E-state index contributed by atoms with van der Waals surface area (Å²) in [6.45, 7) is 2.49. The van der Waals surface area contributed by atoms with Crippen molar-refractivity contribution in [3.8, 4) is 0 Å². The van der Waals surface area contributed by atoms with Crippen LogP contribution < -0.4 is 15.8 Å². The first kappa shape index (κ1) is 14.0. The van der Waals surface area contributed by atoms with Crippen LogP contribution in [0.4, 0.5) is 5.69 Å². The van der Waals surface area contributed by atoms with Crippen molar-refractivity contribution in [2.45, 2.75) is 24.2 Å². The molecule has 1 aromatic carbocycles. The van der Waals surface area contributed by atoms with E-state index in [9.17, 15) is 13.2 Å². The fourth-order valence-electron chi connectivity index (χ4n) is 1.95. The first-order valence-corrected chi connectivity index (χ1v) is 7.58. The van der Waals surface area contributed by atoms with Crippen molar-refractivity contribution < 1.29 is 13.2 Å². The van der Waals surface area contributed by atoms with Gasteiger partial charge < -0.3 is 11.1 Å². The topological polar surface area (TPSA) is 101 Å². The van der Waals surface area contributed by atoms with Gasteiger partial charge in [-0.2, -0.15) is 0 Å². The van der Waals surface area contributed by atoms with Crippen LogP contribution in [0, 0.1) is 0 Å². The molecule has 4 N–H and O–H groups in total. The molecule has 6 nitrogen and oxygen atoms in total. The lowest BCUT2D eigenvalue weighted by atomic mass is 10.0. The summed E-state index contributed by atoms with van der Waals surface area (Å²) in [5, 5.41) is 2.71. The zero-order valence-electron chi connectivity index (χ0n) is 10.6. The van der Waals surface area contributed by atoms with Gasteiger partial charge in [-0.15, -0.1) is 0 Å². The molecule has 1 amide bonds. The van der Waals surface area contributed by atoms with Gasteiger partial charge in [-0.3, -0.25) is 4.79 Å². The van der Waals surface area contributed by atoms with Gasteiger partial charge in [0.2, 0.25) is 15.9 Å². The summed E-state index contributed by atoms with van der Waals surface area (Å²) in [7, 11) is -3.54. The highest BCUT2D eigenvalue weighted by molar-refractivity contribution is 7.89. The molecule has 0 radical (unpaired) electrons. The predicted octanol–water partition coefficient (Wildman–Crippen LogP) is 0.369. The molecule has 1 atom stereocenters. The van der Waals surface area contributed by atoms with Gasteiger partial charge >= 0.3 is 0 Å². The Morgan fingerprint density at radius 1 is 1.42 bits per heavy atom. The minimum atomic E-state index is -3.54. The highest BCUT2D eigenvalue weighted by atomic mass is 32.2. The summed E-state index contributed by atoms with van der Waals surface area (Å²) in [6.07, 6.45) is 0.584. The quantitative estimate of drug-likeness (QED) is 0.679. The summed E-state index contributed by atoms with van der Waals surface area (Å²) >= 11 is 0. The van der Waals surface area contributed by atoms with Gasteiger partial charge in [-0.25, -0.2) is 13.1 Å². The molecule has 104 valence electrons. The maximum Gasteiger partial charge on any atom is 0.240 e. The first-order chi connectivity index (χ1) is 8.95. The molecule has 0 aliphatic carbocycles. The number of carbonyl (C=O) groups excluding carboxylic acids is 1. The van der Waals surface area contributed by atoms with E-state index in [-0.39, 0.29) is 16.7 Å². The normalized spacial score (nSPS) is 18.2. The maximum atomic E-state index is 12.0. The largest absolute Gasteiger partial charge is 0.330 e. The molecule has 0 aromatic heterocycles. The van der Waals surface area contributed by atoms with Crippen LogP contribution in [0.2, 0.25) is 0 Å². The van der Waals surface area contributed by atoms with Crippen LogP contribution >= 0.6 is 0 Å². The third kappa shape index (κ3) is 2.78. The predicted molar refractivity (Wildman–Crippen MR) is 72.3 cm³/mol. The Kier molecular flexibility index (Phi) is 3.88. The number of sulfonamides is 1. The van der Waals surface area contributed by atoms with Crippen LogP contribution in [0.1, 0.15) is 24.8 Å². The van der Waals surface area contributed by atoms with E-state index in [1.807, 2.05) is 0 Å². The minimum Gasteiger partial charge on any atom is -0.330 e. The standard InChI is InChI=1S/C12H17N3O3S/c1-8-10-7-9(3-4-11(10)15-12(8)16)19(17,18)14-6-2-5-13/h3-4,7-8,14H,2,5-6,13H2,1H3,(H,15,16). The van der Waals surface area contributed by atoms with Gasteiger partial charge in [0.15, 0.2) is 0 Å². The van der Waals surface area contributed by atoms with Gasteiger partial charge in [0.1, 0.15) is 0 Å². The SMILES string of the molecule is CC1C(=O)Nc2ccc(S(=O)(=O)NCCCN)cc21. The zero-order chi connectivity index (χ0) is 14.0. The number of amides is 1. The van der Waals surface area contributed by atoms with Crippen molar-refractivity contribution in [3.63, 3.8) is 0 Å². The number of nitrogens with one attached hydrogen (secondary N) is 2. The molecular weight excluding hydrogens is 266 g/mol. The molecule has 0 fully saturated rings. The van der Waals surface area contributed by atoms with Crippen LogP contribution in [0.25, 0.3) is 0 Å². The van der Waals surface area contributed by atoms with Crippen molar-refractivity contribution in [3.05, 3.63) is 23.8 Å². The number of nitrogens with two attached hydrogens (primary N) is 1. The summed E-state index contributed by atoms with van der Waals surface area (Å²) in [5.74, 6) is -0.435. The molecule has 1 heterocycles. The number of benzene rings is 1. The molecule has 0 spiro atoms. The van der Waals surface area contributed by atoms with Crippen LogP contribution in [-0.2, 0) is 14.8 Å². The number of hydrogen-bond acceptors (Lipinski definition) is 4. The summed E-state index contributed by atoms with van der Waals surface area (Å²) in [5.41, 5.74) is 6.72. The van der Waals surface area contributed by atoms with Crippen molar-refractivity contribution in [2.24, 2.45) is 5.73 Å². The van der Waals surface area contributed by atoms with Crippen molar-refractivity contribution in [1.82, 2.24) is 4.72 Å². The molecule has 0 saturated heterocycles. The molecule has 0 bridgehead atoms. The van der Waals surface area contributed by atoms with E-state index in [1.54, 1.807) is 19.1 Å². The van der Waals surface area contributed by atoms with Gasteiger partial charge in [0.05, 0.1) is 10.8 Å². The average molecular weight is 283 g/mol. The Bertz CT molecular complexity index is 598. The summed E-state index contributed by atoms with van der Waals surface area (Å²) < 4.78 is 26.6. The van der Waals surface area contributed by atoms with E-state index in [0.29, 0.717) is 30.8 Å². The third-order valence-corrected chi connectivity index (χ3v) is 4.58. The number of anilines is 1. The van der Waals surface area contributed by atoms with Crippen LogP contribution in [0.15, 0.2) is 23.1 Å². The molecule has 2 rings (SSSR count). The van der Waals surface area contributed by atoms with E-state index < -0.39 is 10.0 Å². The molecule has 1 unspecified atom stereocenters. The van der Waals surface area contributed by atoms with Gasteiger partial charge in [0, 0.05) is 12.2 Å². The average Bonchev–Trinajstić information content (AvgIpc) is 2.65. The van der Waals surface area contributed by atoms with Gasteiger partial charge in [-0.1, -0.05) is 0 Å². The number of fused-ring (bicyclic) bond motifs is 1. The summed E-state index contributed by atoms with van der Waals surface area (Å²) in [4.78, 5) is 11.7. The summed E-state index contributed by atoms with van der Waals surface area (Å²) in [6, 6.07) is 4.65. The first-order valence-electron chi connectivity index (χ1n) is 6.10. The van der Waals surface area contributed by atoms with Crippen LogP contribution in [0.5, 0.6) is 0 Å². The van der Waals surface area contributed by atoms with Crippen LogP contribution in [0.3, 0.4) is 0 Å². The Morgan fingerprint density at radius 2 is 2.16 bits per heavy atom. The van der Waals surface area contributed by atoms with E-state index >= 15 is 0 Å². The second-order valence-electron chi connectivity index (χ2n) is 4.50. The highest BCUT2D eigenvalue weighted by Gasteiger charge is 2.28. The highest BCUT2D eigenvalue weighted by Crippen LogP contribution is 2.33. The number of carbonyl (C=O) groups is 1. The minimum absolute atomic E-state index is 0.111. The molecule has 1 aromatic rings. The molecule has 1 aliphatic heterocycles. The lowest BCUT2D eigenvalue weighted by molar-refractivity contribution is -0.116. The lowest BCUT2D eigenvalue weighted by Crippen LogP contribution is -2.26. The van der Waals surface area contributed by atoms with Crippen molar-refractivity contribution >= 4 is 21.6 Å². The second-order valence-corrected chi connectivity index (χ2v) is 6.27. The Labute approximate surface area is 112 Å². The van der Waals surface area contributed by atoms with E-state index in [4.69, 9.17) is 5.73 Å². The van der Waals surface area contributed by atoms with Crippen molar-refractivity contribution in [2.75, 3.05) is 18.4 Å². The smallest absolute Gasteiger partial charge is 0.240 e. The number of hydrogen-bond donors (Lipinski definition) is 3. The third-order valence-electron chi connectivity index (χ3n) is 3.12. The lowest BCUT2D eigenvalue weighted by Gasteiger charge is -2.08. The molecule has 1 aliphatic rings. The molecule has 0 saturated carbocycles. The fraction of sp³-hybridized carbons (Fsp3) is 0.417. The molecule has 19 heavy (non-hydrogen) atoms. The number of rotatable bonds is 5. The fourth-order valence-corrected chi connectivity index (χ4v) is 3.06. The maximum absolute atomic E-state index is 12.0. The Balaban J connectivity index is 2.26. The zero-order valence-corrected chi connectivity index (χ0v) is 11.5. The van der Waals surface area contributed by atoms with Gasteiger partial charge in [0.25, 0.3) is 0 Å². The van der Waals surface area contributed by atoms with Gasteiger partial charge in [-0.05, 0) is 43.7 Å². The molecular formula is C12H17N3O3S. The molecule has 7 heteroatoms.